The summed E-state index contributed by atoms with van der Waals surface area (Å²) in [6, 6.07) is 0. The van der Waals surface area contributed by atoms with E-state index in [-0.39, 0.29) is 18.3 Å². The number of unbranched alkanes of at least 4 members (excludes halogenated alkanes) is 5. The summed E-state index contributed by atoms with van der Waals surface area (Å²) in [5, 5.41) is 39.1. The van der Waals surface area contributed by atoms with Crippen LogP contribution in [0, 0.1) is 11.8 Å². The second-order valence-electron chi connectivity index (χ2n) is 7.76. The van der Waals surface area contributed by atoms with Crippen molar-refractivity contribution in [3.8, 4) is 0 Å². The van der Waals surface area contributed by atoms with E-state index in [4.69, 9.17) is 5.11 Å². The molecule has 0 aliphatic heterocycles. The molecule has 156 valence electrons. The summed E-state index contributed by atoms with van der Waals surface area (Å²) in [7, 11) is 0. The van der Waals surface area contributed by atoms with E-state index in [2.05, 4.69) is 19.1 Å². The van der Waals surface area contributed by atoms with Gasteiger partial charge in [-0.3, -0.25) is 4.79 Å². The van der Waals surface area contributed by atoms with Crippen LogP contribution in [0.3, 0.4) is 0 Å². The summed E-state index contributed by atoms with van der Waals surface area (Å²) in [5.74, 6) is -0.891. The van der Waals surface area contributed by atoms with Gasteiger partial charge in [-0.15, -0.1) is 0 Å². The van der Waals surface area contributed by atoms with Crippen molar-refractivity contribution < 1.29 is 25.2 Å². The lowest BCUT2D eigenvalue weighted by atomic mass is 9.89. The summed E-state index contributed by atoms with van der Waals surface area (Å²) >= 11 is 0. The minimum atomic E-state index is -0.742. The van der Waals surface area contributed by atoms with Crippen LogP contribution in [0.2, 0.25) is 0 Å². The normalized spacial score (nSPS) is 27.0. The first kappa shape index (κ1) is 23.9. The molecule has 27 heavy (non-hydrogen) atoms. The fraction of sp³-hybridized carbons (Fsp3) is 0.773. The van der Waals surface area contributed by atoms with Gasteiger partial charge in [-0.25, -0.2) is 0 Å². The number of rotatable bonds is 14. The highest BCUT2D eigenvalue weighted by Gasteiger charge is 2.39. The van der Waals surface area contributed by atoms with E-state index >= 15 is 0 Å². The Bertz CT molecular complexity index is 460. The summed E-state index contributed by atoms with van der Waals surface area (Å²) in [4.78, 5) is 10.5. The number of hydrogen-bond acceptors (Lipinski definition) is 4. The van der Waals surface area contributed by atoms with Gasteiger partial charge in [0.15, 0.2) is 0 Å². The molecule has 0 saturated heterocycles. The van der Waals surface area contributed by atoms with Crippen LogP contribution in [0.15, 0.2) is 24.3 Å². The zero-order chi connectivity index (χ0) is 20.1. The highest BCUT2D eigenvalue weighted by molar-refractivity contribution is 5.66. The molecule has 0 radical (unpaired) electrons. The van der Waals surface area contributed by atoms with Crippen molar-refractivity contribution in [2.75, 3.05) is 0 Å². The molecule has 1 aliphatic rings. The van der Waals surface area contributed by atoms with E-state index in [1.54, 1.807) is 6.08 Å². The molecule has 0 aromatic carbocycles. The zero-order valence-corrected chi connectivity index (χ0v) is 16.7. The highest BCUT2D eigenvalue weighted by atomic mass is 16.4. The number of allylic oxidation sites excluding steroid dienone is 2. The van der Waals surface area contributed by atoms with Crippen LogP contribution in [0.4, 0.5) is 0 Å². The fourth-order valence-corrected chi connectivity index (χ4v) is 3.75. The lowest BCUT2D eigenvalue weighted by Gasteiger charge is -2.19. The smallest absolute Gasteiger partial charge is 0.303 e. The molecule has 0 amide bonds. The largest absolute Gasteiger partial charge is 0.481 e. The summed E-state index contributed by atoms with van der Waals surface area (Å²) in [6.07, 6.45) is 15.0. The van der Waals surface area contributed by atoms with Crippen LogP contribution in [0.1, 0.15) is 77.6 Å². The number of aliphatic hydroxyl groups is 3. The van der Waals surface area contributed by atoms with Gasteiger partial charge < -0.3 is 20.4 Å². The van der Waals surface area contributed by atoms with Gasteiger partial charge in [0.1, 0.15) is 0 Å². The molecule has 0 aromatic rings. The molecule has 5 nitrogen and oxygen atoms in total. The Morgan fingerprint density at radius 2 is 1.85 bits per heavy atom. The van der Waals surface area contributed by atoms with E-state index in [0.29, 0.717) is 19.3 Å². The van der Waals surface area contributed by atoms with Gasteiger partial charge in [0.05, 0.1) is 18.3 Å². The third-order valence-corrected chi connectivity index (χ3v) is 5.41. The molecule has 1 aliphatic carbocycles. The topological polar surface area (TPSA) is 98.0 Å². The number of carboxylic acids is 1. The van der Waals surface area contributed by atoms with E-state index in [9.17, 15) is 20.1 Å². The Hall–Kier alpha value is -1.17. The van der Waals surface area contributed by atoms with E-state index < -0.39 is 24.3 Å². The lowest BCUT2D eigenvalue weighted by molar-refractivity contribution is -0.137. The second-order valence-corrected chi connectivity index (χ2v) is 7.76. The highest BCUT2D eigenvalue weighted by Crippen LogP contribution is 2.36. The predicted octanol–water partition coefficient (Wildman–Crippen LogP) is 3.82. The number of carboxylic acid groups (broad SMARTS) is 1. The minimum Gasteiger partial charge on any atom is -0.481 e. The monoisotopic (exact) mass is 382 g/mol. The van der Waals surface area contributed by atoms with Gasteiger partial charge in [-0.05, 0) is 38.0 Å². The minimum absolute atomic E-state index is 0.0256. The number of aliphatic hydroxyl groups excluding tert-OH is 3. The average molecular weight is 383 g/mol. The van der Waals surface area contributed by atoms with E-state index in [1.807, 2.05) is 6.08 Å². The molecular weight excluding hydrogens is 344 g/mol. The third kappa shape index (κ3) is 10.1. The summed E-state index contributed by atoms with van der Waals surface area (Å²) in [5.41, 5.74) is 0. The first-order valence-electron chi connectivity index (χ1n) is 10.5. The second kappa shape index (κ2) is 13.9. The third-order valence-electron chi connectivity index (χ3n) is 5.41. The van der Waals surface area contributed by atoms with Crippen LogP contribution >= 0.6 is 0 Å². The van der Waals surface area contributed by atoms with Crippen LogP contribution in [0.25, 0.3) is 0 Å². The Balaban J connectivity index is 2.37. The first-order chi connectivity index (χ1) is 13.0. The molecule has 0 bridgehead atoms. The molecule has 0 unspecified atom stereocenters. The number of aliphatic carboxylic acids is 1. The number of carbonyl (C=O) groups is 1. The van der Waals surface area contributed by atoms with E-state index in [1.165, 1.54) is 0 Å². The van der Waals surface area contributed by atoms with Gasteiger partial charge >= 0.3 is 5.97 Å². The molecule has 1 saturated carbocycles. The standard InChI is InChI=1S/C22H38O5/c1-2-3-8-11-17(23)14-15-19-18(20(24)16-21(19)25)12-9-6-4-5-7-10-13-22(26)27/h6,9,14-15,17-21,23-25H,2-5,7-8,10-13,16H2,1H3,(H,26,27)/b9-6-,15-14+/t17-,18+,19+,20-,21+/m1/s1. The molecule has 4 N–H and O–H groups in total. The fourth-order valence-electron chi connectivity index (χ4n) is 3.75. The average Bonchev–Trinajstić information content (AvgIpc) is 2.88. The van der Waals surface area contributed by atoms with Crippen molar-refractivity contribution >= 4 is 5.97 Å². The van der Waals surface area contributed by atoms with Crippen molar-refractivity contribution in [3.63, 3.8) is 0 Å². The Kier molecular flexibility index (Phi) is 12.3. The first-order valence-corrected chi connectivity index (χ1v) is 10.5. The van der Waals surface area contributed by atoms with Crippen molar-refractivity contribution in [2.24, 2.45) is 11.8 Å². The van der Waals surface area contributed by atoms with Crippen molar-refractivity contribution in [2.45, 2.75) is 95.9 Å². The van der Waals surface area contributed by atoms with Gasteiger partial charge in [0.2, 0.25) is 0 Å². The molecule has 1 fully saturated rings. The maximum absolute atomic E-state index is 10.5. The van der Waals surface area contributed by atoms with Gasteiger partial charge in [-0.1, -0.05) is 56.9 Å². The molecule has 5 heteroatoms. The molecule has 0 aromatic heterocycles. The summed E-state index contributed by atoms with van der Waals surface area (Å²) in [6.45, 7) is 2.13. The SMILES string of the molecule is CCCCC[C@@H](O)/C=C/[C@H]1[C@H](C/C=C\CCCCCC(=O)O)[C@H](O)C[C@@H]1O. The number of hydrogen-bond donors (Lipinski definition) is 4. The van der Waals surface area contributed by atoms with Crippen LogP contribution in [0.5, 0.6) is 0 Å². The van der Waals surface area contributed by atoms with Crippen LogP contribution in [-0.4, -0.2) is 44.7 Å². The molecule has 0 spiro atoms. The lowest BCUT2D eigenvalue weighted by Crippen LogP contribution is -2.20. The van der Waals surface area contributed by atoms with Crippen molar-refractivity contribution in [3.05, 3.63) is 24.3 Å². The molecule has 1 rings (SSSR count). The van der Waals surface area contributed by atoms with Crippen molar-refractivity contribution in [1.29, 1.82) is 0 Å². The van der Waals surface area contributed by atoms with Crippen LogP contribution in [-0.2, 0) is 4.79 Å². The van der Waals surface area contributed by atoms with Crippen LogP contribution < -0.4 is 0 Å². The molecular formula is C22H38O5. The quantitative estimate of drug-likeness (QED) is 0.270. The van der Waals surface area contributed by atoms with E-state index in [0.717, 1.165) is 44.9 Å². The Morgan fingerprint density at radius 3 is 2.56 bits per heavy atom. The Morgan fingerprint density at radius 1 is 1.07 bits per heavy atom. The Labute approximate surface area is 163 Å². The van der Waals surface area contributed by atoms with Gasteiger partial charge in [-0.2, -0.15) is 0 Å². The van der Waals surface area contributed by atoms with Gasteiger partial charge in [0.25, 0.3) is 0 Å². The van der Waals surface area contributed by atoms with Gasteiger partial charge in [0, 0.05) is 18.8 Å². The molecule has 0 heterocycles. The maximum atomic E-state index is 10.5. The predicted molar refractivity (Wildman–Crippen MR) is 107 cm³/mol. The molecule has 5 atom stereocenters. The zero-order valence-electron chi connectivity index (χ0n) is 16.7. The van der Waals surface area contributed by atoms with Crippen molar-refractivity contribution in [1.82, 2.24) is 0 Å². The summed E-state index contributed by atoms with van der Waals surface area (Å²) < 4.78 is 0. The maximum Gasteiger partial charge on any atom is 0.303 e.